The molecule has 0 saturated carbocycles. The van der Waals surface area contributed by atoms with Crippen LogP contribution < -0.4 is 5.73 Å². The average Bonchev–Trinajstić information content (AvgIpc) is 2.70. The van der Waals surface area contributed by atoms with Crippen LogP contribution in [0.25, 0.3) is 5.69 Å². The fourth-order valence-corrected chi connectivity index (χ4v) is 1.33. The summed E-state index contributed by atoms with van der Waals surface area (Å²) in [5.74, 6) is 0.351. The standard InChI is InChI=1S/C10H11FN4/c1-7-2-3-8(4-9(7)11)15-10(5-12)13-6-14-15/h2-4,6H,5,12H2,1H3. The Labute approximate surface area is 86.6 Å². The Kier molecular flexibility index (Phi) is 2.47. The molecule has 0 aliphatic carbocycles. The zero-order chi connectivity index (χ0) is 10.8. The molecule has 0 bridgehead atoms. The molecule has 4 nitrogen and oxygen atoms in total. The van der Waals surface area contributed by atoms with Crippen molar-refractivity contribution in [3.05, 3.63) is 41.7 Å². The van der Waals surface area contributed by atoms with Gasteiger partial charge in [-0.05, 0) is 24.6 Å². The highest BCUT2D eigenvalue weighted by molar-refractivity contribution is 5.35. The van der Waals surface area contributed by atoms with Crippen molar-refractivity contribution in [2.75, 3.05) is 0 Å². The van der Waals surface area contributed by atoms with E-state index in [0.29, 0.717) is 17.1 Å². The van der Waals surface area contributed by atoms with Crippen LogP contribution in [0.4, 0.5) is 4.39 Å². The highest BCUT2D eigenvalue weighted by Crippen LogP contribution is 2.13. The summed E-state index contributed by atoms with van der Waals surface area (Å²) >= 11 is 0. The van der Waals surface area contributed by atoms with Crippen molar-refractivity contribution >= 4 is 0 Å². The highest BCUT2D eigenvalue weighted by Gasteiger charge is 2.06. The number of hydrogen-bond acceptors (Lipinski definition) is 3. The van der Waals surface area contributed by atoms with E-state index < -0.39 is 0 Å². The highest BCUT2D eigenvalue weighted by atomic mass is 19.1. The topological polar surface area (TPSA) is 56.7 Å². The maximum Gasteiger partial charge on any atom is 0.145 e. The number of rotatable bonds is 2. The van der Waals surface area contributed by atoms with Gasteiger partial charge >= 0.3 is 0 Å². The molecule has 0 saturated heterocycles. The molecule has 78 valence electrons. The number of aryl methyl sites for hydroxylation is 1. The van der Waals surface area contributed by atoms with Crippen LogP contribution >= 0.6 is 0 Å². The van der Waals surface area contributed by atoms with Crippen molar-refractivity contribution in [2.45, 2.75) is 13.5 Å². The summed E-state index contributed by atoms with van der Waals surface area (Å²) < 4.78 is 14.8. The molecule has 1 heterocycles. The lowest BCUT2D eigenvalue weighted by Gasteiger charge is -2.05. The van der Waals surface area contributed by atoms with Crippen LogP contribution in [0.15, 0.2) is 24.5 Å². The molecular formula is C10H11FN4. The molecule has 0 aliphatic rings. The fraction of sp³-hybridized carbons (Fsp3) is 0.200. The molecular weight excluding hydrogens is 195 g/mol. The van der Waals surface area contributed by atoms with Crippen LogP contribution in [0.1, 0.15) is 11.4 Å². The van der Waals surface area contributed by atoms with Gasteiger partial charge in [-0.1, -0.05) is 6.07 Å². The summed E-state index contributed by atoms with van der Waals surface area (Å²) in [4.78, 5) is 3.97. The van der Waals surface area contributed by atoms with E-state index in [9.17, 15) is 4.39 Å². The third-order valence-corrected chi connectivity index (χ3v) is 2.20. The van der Waals surface area contributed by atoms with Crippen LogP contribution in [0, 0.1) is 12.7 Å². The van der Waals surface area contributed by atoms with Gasteiger partial charge in [0.05, 0.1) is 12.2 Å². The molecule has 2 aromatic rings. The lowest BCUT2D eigenvalue weighted by atomic mass is 10.2. The number of halogens is 1. The second kappa shape index (κ2) is 3.78. The van der Waals surface area contributed by atoms with Gasteiger partial charge in [-0.3, -0.25) is 0 Å². The third-order valence-electron chi connectivity index (χ3n) is 2.20. The maximum atomic E-state index is 13.3. The van der Waals surface area contributed by atoms with Crippen molar-refractivity contribution in [3.63, 3.8) is 0 Å². The first-order valence-corrected chi connectivity index (χ1v) is 4.58. The minimum atomic E-state index is -0.258. The zero-order valence-corrected chi connectivity index (χ0v) is 8.31. The van der Waals surface area contributed by atoms with Crippen LogP contribution in [0.2, 0.25) is 0 Å². The Balaban J connectivity index is 2.50. The van der Waals surface area contributed by atoms with Crippen LogP contribution in [-0.4, -0.2) is 14.8 Å². The largest absolute Gasteiger partial charge is 0.324 e. The summed E-state index contributed by atoms with van der Waals surface area (Å²) in [5.41, 5.74) is 6.72. The molecule has 2 N–H and O–H groups in total. The van der Waals surface area contributed by atoms with E-state index in [-0.39, 0.29) is 12.4 Å². The molecule has 15 heavy (non-hydrogen) atoms. The van der Waals surface area contributed by atoms with Gasteiger partial charge < -0.3 is 5.73 Å². The average molecular weight is 206 g/mol. The molecule has 0 spiro atoms. The van der Waals surface area contributed by atoms with Crippen molar-refractivity contribution < 1.29 is 4.39 Å². The molecule has 5 heteroatoms. The predicted octanol–water partition coefficient (Wildman–Crippen LogP) is 1.17. The van der Waals surface area contributed by atoms with Gasteiger partial charge in [0.15, 0.2) is 0 Å². The van der Waals surface area contributed by atoms with E-state index in [4.69, 9.17) is 5.73 Å². The van der Waals surface area contributed by atoms with Crippen molar-refractivity contribution in [3.8, 4) is 5.69 Å². The molecule has 0 fully saturated rings. The Bertz CT molecular complexity index is 478. The van der Waals surface area contributed by atoms with E-state index in [1.807, 2.05) is 0 Å². The van der Waals surface area contributed by atoms with Gasteiger partial charge in [0.1, 0.15) is 18.0 Å². The third kappa shape index (κ3) is 1.73. The van der Waals surface area contributed by atoms with E-state index in [1.165, 1.54) is 17.1 Å². The van der Waals surface area contributed by atoms with Crippen LogP contribution in [0.5, 0.6) is 0 Å². The van der Waals surface area contributed by atoms with E-state index in [1.54, 1.807) is 19.1 Å². The second-order valence-electron chi connectivity index (χ2n) is 3.23. The summed E-state index contributed by atoms with van der Waals surface area (Å²) in [7, 11) is 0. The number of nitrogens with zero attached hydrogens (tertiary/aromatic N) is 3. The van der Waals surface area contributed by atoms with Crippen molar-refractivity contribution in [1.29, 1.82) is 0 Å². The van der Waals surface area contributed by atoms with Gasteiger partial charge in [-0.15, -0.1) is 0 Å². The first-order chi connectivity index (χ1) is 7.22. The second-order valence-corrected chi connectivity index (χ2v) is 3.23. The summed E-state index contributed by atoms with van der Waals surface area (Å²) in [6, 6.07) is 4.90. The van der Waals surface area contributed by atoms with E-state index in [2.05, 4.69) is 10.1 Å². The Morgan fingerprint density at radius 2 is 2.27 bits per heavy atom. The Hall–Kier alpha value is -1.75. The Morgan fingerprint density at radius 3 is 2.93 bits per heavy atom. The normalized spacial score (nSPS) is 10.6. The Morgan fingerprint density at radius 1 is 1.47 bits per heavy atom. The lowest BCUT2D eigenvalue weighted by molar-refractivity contribution is 0.615. The monoisotopic (exact) mass is 206 g/mol. The summed E-state index contributed by atoms with van der Waals surface area (Å²) in [6.45, 7) is 1.99. The first-order valence-electron chi connectivity index (χ1n) is 4.58. The molecule has 1 aromatic carbocycles. The van der Waals surface area contributed by atoms with Gasteiger partial charge in [0.25, 0.3) is 0 Å². The molecule has 0 unspecified atom stereocenters. The van der Waals surface area contributed by atoms with Crippen molar-refractivity contribution in [2.24, 2.45) is 5.73 Å². The zero-order valence-electron chi connectivity index (χ0n) is 8.31. The minimum Gasteiger partial charge on any atom is -0.324 e. The molecule has 0 atom stereocenters. The van der Waals surface area contributed by atoms with Crippen molar-refractivity contribution in [1.82, 2.24) is 14.8 Å². The van der Waals surface area contributed by atoms with Gasteiger partial charge in [-0.2, -0.15) is 5.10 Å². The minimum absolute atomic E-state index is 0.258. The lowest BCUT2D eigenvalue weighted by Crippen LogP contribution is -2.08. The maximum absolute atomic E-state index is 13.3. The number of hydrogen-bond donors (Lipinski definition) is 1. The van der Waals surface area contributed by atoms with Gasteiger partial charge in [0.2, 0.25) is 0 Å². The molecule has 0 radical (unpaired) electrons. The molecule has 0 amide bonds. The predicted molar refractivity (Wildman–Crippen MR) is 53.9 cm³/mol. The SMILES string of the molecule is Cc1ccc(-n2ncnc2CN)cc1F. The quantitative estimate of drug-likeness (QED) is 0.802. The fourth-order valence-electron chi connectivity index (χ4n) is 1.33. The van der Waals surface area contributed by atoms with E-state index >= 15 is 0 Å². The molecule has 2 rings (SSSR count). The number of aromatic nitrogens is 3. The summed E-state index contributed by atoms with van der Waals surface area (Å²) in [5, 5.41) is 3.99. The number of nitrogens with two attached hydrogens (primary N) is 1. The van der Waals surface area contributed by atoms with Gasteiger partial charge in [0, 0.05) is 0 Å². The molecule has 0 aliphatic heterocycles. The number of benzene rings is 1. The van der Waals surface area contributed by atoms with E-state index in [0.717, 1.165) is 0 Å². The van der Waals surface area contributed by atoms with Crippen LogP contribution in [-0.2, 0) is 6.54 Å². The first kappa shape index (κ1) is 9.79. The van der Waals surface area contributed by atoms with Crippen LogP contribution in [0.3, 0.4) is 0 Å². The molecule has 1 aromatic heterocycles. The summed E-state index contributed by atoms with van der Waals surface area (Å²) in [6.07, 6.45) is 1.40. The van der Waals surface area contributed by atoms with Gasteiger partial charge in [-0.25, -0.2) is 14.1 Å². The smallest absolute Gasteiger partial charge is 0.145 e.